The van der Waals surface area contributed by atoms with Crippen LogP contribution in [0.2, 0.25) is 10.0 Å². The standard InChI is InChI=1S/C12H15Cl2NO/c1-16-10-3-2-8(11(13)12(10)14)4-7-5-9(15)6-7/h2-3,7,9H,4-6,15H2,1H3. The normalized spacial score (nSPS) is 24.0. The molecule has 2 nitrogen and oxygen atoms in total. The smallest absolute Gasteiger partial charge is 0.138 e. The van der Waals surface area contributed by atoms with Gasteiger partial charge >= 0.3 is 0 Å². The quantitative estimate of drug-likeness (QED) is 0.905. The molecule has 0 aromatic heterocycles. The summed E-state index contributed by atoms with van der Waals surface area (Å²) in [5.74, 6) is 1.28. The summed E-state index contributed by atoms with van der Waals surface area (Å²) < 4.78 is 5.11. The van der Waals surface area contributed by atoms with E-state index in [4.69, 9.17) is 33.7 Å². The first-order valence-corrected chi connectivity index (χ1v) is 6.14. The molecule has 0 bridgehead atoms. The number of hydrogen-bond donors (Lipinski definition) is 1. The molecule has 0 unspecified atom stereocenters. The highest BCUT2D eigenvalue weighted by molar-refractivity contribution is 6.43. The van der Waals surface area contributed by atoms with E-state index in [-0.39, 0.29) is 0 Å². The molecule has 88 valence electrons. The molecule has 1 fully saturated rings. The molecular formula is C12H15Cl2NO. The van der Waals surface area contributed by atoms with E-state index in [1.165, 1.54) is 0 Å². The maximum atomic E-state index is 6.20. The van der Waals surface area contributed by atoms with Gasteiger partial charge in [-0.2, -0.15) is 0 Å². The van der Waals surface area contributed by atoms with Crippen LogP contribution < -0.4 is 10.5 Å². The lowest BCUT2D eigenvalue weighted by Gasteiger charge is -2.32. The van der Waals surface area contributed by atoms with Crippen LogP contribution in [0, 0.1) is 5.92 Å². The fraction of sp³-hybridized carbons (Fsp3) is 0.500. The van der Waals surface area contributed by atoms with E-state index >= 15 is 0 Å². The average molecular weight is 260 g/mol. The Kier molecular flexibility index (Phi) is 3.63. The van der Waals surface area contributed by atoms with Gasteiger partial charge in [0.15, 0.2) is 0 Å². The summed E-state index contributed by atoms with van der Waals surface area (Å²) in [5.41, 5.74) is 6.84. The number of benzene rings is 1. The van der Waals surface area contributed by atoms with Crippen LogP contribution in [-0.4, -0.2) is 13.2 Å². The van der Waals surface area contributed by atoms with Gasteiger partial charge in [-0.3, -0.25) is 0 Å². The highest BCUT2D eigenvalue weighted by atomic mass is 35.5. The molecule has 0 amide bonds. The van der Waals surface area contributed by atoms with Crippen molar-refractivity contribution in [1.29, 1.82) is 0 Å². The second-order valence-corrected chi connectivity index (χ2v) is 5.11. The summed E-state index contributed by atoms with van der Waals surface area (Å²) in [6.45, 7) is 0. The molecule has 0 radical (unpaired) electrons. The SMILES string of the molecule is COc1ccc(CC2CC(N)C2)c(Cl)c1Cl. The Morgan fingerprint density at radius 3 is 2.56 bits per heavy atom. The van der Waals surface area contributed by atoms with Crippen molar-refractivity contribution in [2.75, 3.05) is 7.11 Å². The highest BCUT2D eigenvalue weighted by Gasteiger charge is 2.26. The van der Waals surface area contributed by atoms with Gasteiger partial charge in [0.05, 0.1) is 12.1 Å². The number of ether oxygens (including phenoxy) is 1. The molecule has 0 saturated heterocycles. The van der Waals surface area contributed by atoms with Crippen LogP contribution >= 0.6 is 23.2 Å². The van der Waals surface area contributed by atoms with Gasteiger partial charge in [-0.15, -0.1) is 0 Å². The summed E-state index contributed by atoms with van der Waals surface area (Å²) in [6.07, 6.45) is 3.12. The van der Waals surface area contributed by atoms with Gasteiger partial charge in [0.25, 0.3) is 0 Å². The van der Waals surface area contributed by atoms with E-state index in [0.29, 0.717) is 27.8 Å². The highest BCUT2D eigenvalue weighted by Crippen LogP contribution is 2.38. The maximum absolute atomic E-state index is 6.20. The summed E-state index contributed by atoms with van der Waals surface area (Å²) >= 11 is 12.3. The summed E-state index contributed by atoms with van der Waals surface area (Å²) in [5, 5.41) is 1.12. The van der Waals surface area contributed by atoms with E-state index < -0.39 is 0 Å². The minimum Gasteiger partial charge on any atom is -0.495 e. The van der Waals surface area contributed by atoms with E-state index in [1.807, 2.05) is 12.1 Å². The Balaban J connectivity index is 2.13. The third kappa shape index (κ3) is 2.29. The zero-order chi connectivity index (χ0) is 11.7. The van der Waals surface area contributed by atoms with Crippen molar-refractivity contribution in [3.63, 3.8) is 0 Å². The lowest BCUT2D eigenvalue weighted by molar-refractivity contribution is 0.264. The second kappa shape index (κ2) is 4.82. The Morgan fingerprint density at radius 1 is 1.31 bits per heavy atom. The molecule has 16 heavy (non-hydrogen) atoms. The van der Waals surface area contributed by atoms with Gasteiger partial charge in [0.1, 0.15) is 10.8 Å². The molecule has 2 N–H and O–H groups in total. The van der Waals surface area contributed by atoms with E-state index in [1.54, 1.807) is 7.11 Å². The number of halogens is 2. The van der Waals surface area contributed by atoms with Gasteiger partial charge in [0, 0.05) is 6.04 Å². The van der Waals surface area contributed by atoms with Crippen LogP contribution in [0.15, 0.2) is 12.1 Å². The van der Waals surface area contributed by atoms with Crippen molar-refractivity contribution >= 4 is 23.2 Å². The maximum Gasteiger partial charge on any atom is 0.138 e. The first-order chi connectivity index (χ1) is 7.61. The van der Waals surface area contributed by atoms with Gasteiger partial charge in [0.2, 0.25) is 0 Å². The molecule has 1 aromatic carbocycles. The monoisotopic (exact) mass is 259 g/mol. The number of hydrogen-bond acceptors (Lipinski definition) is 2. The predicted octanol–water partition coefficient (Wildman–Crippen LogP) is 3.28. The topological polar surface area (TPSA) is 35.2 Å². The van der Waals surface area contributed by atoms with Crippen LogP contribution in [0.3, 0.4) is 0 Å². The first kappa shape index (κ1) is 12.0. The molecular weight excluding hydrogens is 245 g/mol. The zero-order valence-electron chi connectivity index (χ0n) is 9.17. The molecule has 2 rings (SSSR count). The lowest BCUT2D eigenvalue weighted by atomic mass is 9.77. The second-order valence-electron chi connectivity index (χ2n) is 4.36. The largest absolute Gasteiger partial charge is 0.495 e. The molecule has 0 heterocycles. The van der Waals surface area contributed by atoms with Crippen molar-refractivity contribution in [2.24, 2.45) is 11.7 Å². The van der Waals surface area contributed by atoms with E-state index in [2.05, 4.69) is 0 Å². The number of methoxy groups -OCH3 is 1. The Hall–Kier alpha value is -0.440. The minimum atomic E-state index is 0.373. The van der Waals surface area contributed by atoms with Crippen molar-refractivity contribution in [3.05, 3.63) is 27.7 Å². The third-order valence-corrected chi connectivity index (χ3v) is 4.03. The Labute approximate surface area is 106 Å². The van der Waals surface area contributed by atoms with E-state index in [9.17, 15) is 0 Å². The zero-order valence-corrected chi connectivity index (χ0v) is 10.7. The minimum absolute atomic E-state index is 0.373. The molecule has 0 aliphatic heterocycles. The van der Waals surface area contributed by atoms with Crippen LogP contribution in [0.25, 0.3) is 0 Å². The Morgan fingerprint density at radius 2 is 2.00 bits per heavy atom. The van der Waals surface area contributed by atoms with Crippen molar-refractivity contribution < 1.29 is 4.74 Å². The van der Waals surface area contributed by atoms with Crippen LogP contribution in [0.4, 0.5) is 0 Å². The van der Waals surface area contributed by atoms with Crippen LogP contribution in [0.1, 0.15) is 18.4 Å². The molecule has 0 spiro atoms. The first-order valence-electron chi connectivity index (χ1n) is 5.38. The van der Waals surface area contributed by atoms with Crippen molar-refractivity contribution in [3.8, 4) is 5.75 Å². The molecule has 1 aliphatic rings. The molecule has 1 aliphatic carbocycles. The Bertz CT molecular complexity index is 389. The molecule has 1 aromatic rings. The van der Waals surface area contributed by atoms with Crippen molar-refractivity contribution in [1.82, 2.24) is 0 Å². The van der Waals surface area contributed by atoms with Gasteiger partial charge < -0.3 is 10.5 Å². The predicted molar refractivity (Wildman–Crippen MR) is 67.4 cm³/mol. The van der Waals surface area contributed by atoms with Crippen LogP contribution in [-0.2, 0) is 6.42 Å². The molecule has 1 saturated carbocycles. The summed E-state index contributed by atoms with van der Waals surface area (Å²) in [7, 11) is 1.59. The fourth-order valence-corrected chi connectivity index (χ4v) is 2.65. The van der Waals surface area contributed by atoms with Gasteiger partial charge in [-0.1, -0.05) is 29.3 Å². The lowest BCUT2D eigenvalue weighted by Crippen LogP contribution is -2.37. The number of nitrogens with two attached hydrogens (primary N) is 1. The molecule has 0 atom stereocenters. The average Bonchev–Trinajstić information content (AvgIpc) is 2.23. The third-order valence-electron chi connectivity index (χ3n) is 3.13. The van der Waals surface area contributed by atoms with Gasteiger partial charge in [-0.25, -0.2) is 0 Å². The van der Waals surface area contributed by atoms with Gasteiger partial charge in [-0.05, 0) is 36.8 Å². The fourth-order valence-electron chi connectivity index (χ4n) is 2.15. The van der Waals surface area contributed by atoms with E-state index in [0.717, 1.165) is 24.8 Å². The summed E-state index contributed by atoms with van der Waals surface area (Å²) in [4.78, 5) is 0. The summed E-state index contributed by atoms with van der Waals surface area (Å²) in [6, 6.07) is 4.22. The van der Waals surface area contributed by atoms with Crippen molar-refractivity contribution in [2.45, 2.75) is 25.3 Å². The van der Waals surface area contributed by atoms with Crippen LogP contribution in [0.5, 0.6) is 5.75 Å². The number of rotatable bonds is 3. The molecule has 4 heteroatoms.